The monoisotopic (exact) mass is 607 g/mol. The molecule has 3 rings (SSSR count). The standard InChI is InChI=1S/C22H29BrF3N7O5/c1-10(2)5-12(31(4)17(35)11(3)28-20(38)22(24,25)26)18(36)32-8-21(7-13(32)16(27)34)9-33-15(29-19(21)37)6-14(23)30-33/h6,10-13H,5,7-9H2,1-4H3,(H2,27,34)(H,28,38)(H,29,37)/t11?,12?,13-,21?/m0/s1. The van der Waals surface area contributed by atoms with Gasteiger partial charge in [-0.05, 0) is 41.6 Å². The third-order valence-electron chi connectivity index (χ3n) is 6.74. The van der Waals surface area contributed by atoms with Crippen molar-refractivity contribution in [1.82, 2.24) is 24.9 Å². The van der Waals surface area contributed by atoms with Crippen LogP contribution in [0.15, 0.2) is 10.7 Å². The van der Waals surface area contributed by atoms with Gasteiger partial charge in [-0.1, -0.05) is 13.8 Å². The Labute approximate surface area is 224 Å². The van der Waals surface area contributed by atoms with Gasteiger partial charge in [0.1, 0.15) is 28.5 Å². The van der Waals surface area contributed by atoms with Crippen molar-refractivity contribution in [3.05, 3.63) is 10.7 Å². The molecule has 1 aromatic heterocycles. The van der Waals surface area contributed by atoms with Gasteiger partial charge in [-0.3, -0.25) is 24.0 Å². The van der Waals surface area contributed by atoms with Crippen LogP contribution in [-0.4, -0.2) is 87.0 Å². The summed E-state index contributed by atoms with van der Waals surface area (Å²) in [6.07, 6.45) is -5.18. The van der Waals surface area contributed by atoms with Crippen molar-refractivity contribution in [2.75, 3.05) is 18.9 Å². The Bertz CT molecular complexity index is 1160. The highest BCUT2D eigenvalue weighted by molar-refractivity contribution is 9.10. The van der Waals surface area contributed by atoms with E-state index in [4.69, 9.17) is 5.73 Å². The fourth-order valence-electron chi connectivity index (χ4n) is 4.82. The molecule has 1 spiro atoms. The van der Waals surface area contributed by atoms with Crippen LogP contribution in [0.25, 0.3) is 0 Å². The maximum atomic E-state index is 13.8. The predicted octanol–water partition coefficient (Wildman–Crippen LogP) is 0.610. The molecule has 0 saturated carbocycles. The summed E-state index contributed by atoms with van der Waals surface area (Å²) in [5.74, 6) is -4.90. The Morgan fingerprint density at radius 2 is 1.92 bits per heavy atom. The van der Waals surface area contributed by atoms with E-state index in [1.807, 2.05) is 0 Å². The molecule has 1 fully saturated rings. The Balaban J connectivity index is 1.88. The molecule has 0 aliphatic carbocycles. The average Bonchev–Trinajstić information content (AvgIpc) is 3.36. The number of nitrogens with one attached hydrogen (secondary N) is 2. The van der Waals surface area contributed by atoms with Crippen LogP contribution in [0.1, 0.15) is 33.6 Å². The van der Waals surface area contributed by atoms with Gasteiger partial charge in [0.25, 0.3) is 0 Å². The molecule has 210 valence electrons. The highest BCUT2D eigenvalue weighted by Crippen LogP contribution is 2.41. The molecule has 38 heavy (non-hydrogen) atoms. The van der Waals surface area contributed by atoms with E-state index in [1.54, 1.807) is 25.2 Å². The molecular formula is C22H29BrF3N7O5. The second-order valence-electron chi connectivity index (χ2n) is 10.1. The molecular weight excluding hydrogens is 579 g/mol. The zero-order valence-corrected chi connectivity index (χ0v) is 22.7. The number of rotatable bonds is 7. The Morgan fingerprint density at radius 1 is 1.29 bits per heavy atom. The summed E-state index contributed by atoms with van der Waals surface area (Å²) in [5.41, 5.74) is 4.38. The smallest absolute Gasteiger partial charge is 0.368 e. The van der Waals surface area contributed by atoms with Crippen molar-refractivity contribution >= 4 is 51.3 Å². The SMILES string of the molecule is CC(C)CC(C(=O)N1CC2(C[C@H]1C(N)=O)Cn1nc(Br)cc1NC2=O)N(C)C(=O)C(C)NC(=O)C(F)(F)F. The van der Waals surface area contributed by atoms with Crippen molar-refractivity contribution in [2.24, 2.45) is 17.1 Å². The molecule has 3 unspecified atom stereocenters. The van der Waals surface area contributed by atoms with Gasteiger partial charge >= 0.3 is 12.1 Å². The molecule has 0 radical (unpaired) electrons. The summed E-state index contributed by atoms with van der Waals surface area (Å²) < 4.78 is 40.0. The number of primary amides is 1. The number of likely N-dealkylation sites (tertiary alicyclic amines) is 1. The van der Waals surface area contributed by atoms with E-state index in [1.165, 1.54) is 11.7 Å². The number of likely N-dealkylation sites (N-methyl/N-ethyl adjacent to an activating group) is 1. The normalized spacial score (nSPS) is 22.6. The molecule has 0 aromatic carbocycles. The fourth-order valence-corrected chi connectivity index (χ4v) is 5.23. The van der Waals surface area contributed by atoms with Gasteiger partial charge in [0.15, 0.2) is 0 Å². The first-order chi connectivity index (χ1) is 17.5. The zero-order chi connectivity index (χ0) is 28.7. The summed E-state index contributed by atoms with van der Waals surface area (Å²) in [5, 5.41) is 8.57. The van der Waals surface area contributed by atoms with Gasteiger partial charge in [-0.2, -0.15) is 18.3 Å². The van der Waals surface area contributed by atoms with Crippen LogP contribution in [0.2, 0.25) is 0 Å². The molecule has 12 nitrogen and oxygen atoms in total. The molecule has 2 aliphatic heterocycles. The Kier molecular flexibility index (Phi) is 8.15. The lowest BCUT2D eigenvalue weighted by atomic mass is 9.83. The van der Waals surface area contributed by atoms with Gasteiger partial charge in [-0.15, -0.1) is 0 Å². The minimum absolute atomic E-state index is 0.0669. The van der Waals surface area contributed by atoms with Crippen molar-refractivity contribution in [3.8, 4) is 0 Å². The lowest BCUT2D eigenvalue weighted by Gasteiger charge is -2.36. The van der Waals surface area contributed by atoms with Crippen LogP contribution < -0.4 is 16.4 Å². The highest BCUT2D eigenvalue weighted by atomic mass is 79.9. The number of hydrogen-bond acceptors (Lipinski definition) is 6. The maximum absolute atomic E-state index is 13.8. The van der Waals surface area contributed by atoms with Crippen LogP contribution in [0.4, 0.5) is 19.0 Å². The first-order valence-electron chi connectivity index (χ1n) is 11.8. The van der Waals surface area contributed by atoms with E-state index >= 15 is 0 Å². The number of carbonyl (C=O) groups excluding carboxylic acids is 5. The number of alkyl halides is 3. The van der Waals surface area contributed by atoms with Gasteiger partial charge < -0.3 is 26.2 Å². The number of carbonyl (C=O) groups is 5. The van der Waals surface area contributed by atoms with Gasteiger partial charge in [0.2, 0.25) is 23.6 Å². The quantitative estimate of drug-likeness (QED) is 0.412. The Hall–Kier alpha value is -3.17. The number of nitrogens with two attached hydrogens (primary N) is 1. The number of anilines is 1. The fraction of sp³-hybridized carbons (Fsp3) is 0.636. The topological polar surface area (TPSA) is 160 Å². The summed E-state index contributed by atoms with van der Waals surface area (Å²) >= 11 is 3.24. The van der Waals surface area contributed by atoms with Gasteiger partial charge in [0.05, 0.1) is 12.0 Å². The first-order valence-corrected chi connectivity index (χ1v) is 12.5. The predicted molar refractivity (Wildman–Crippen MR) is 130 cm³/mol. The molecule has 3 heterocycles. The number of hydrogen-bond donors (Lipinski definition) is 3. The molecule has 2 aliphatic rings. The minimum atomic E-state index is -5.19. The molecule has 4 atom stereocenters. The third kappa shape index (κ3) is 5.78. The van der Waals surface area contributed by atoms with E-state index in [0.29, 0.717) is 10.4 Å². The van der Waals surface area contributed by atoms with E-state index in [-0.39, 0.29) is 31.8 Å². The number of halogens is 4. The summed E-state index contributed by atoms with van der Waals surface area (Å²) in [4.78, 5) is 65.7. The lowest BCUT2D eigenvalue weighted by molar-refractivity contribution is -0.175. The highest BCUT2D eigenvalue weighted by Gasteiger charge is 2.56. The van der Waals surface area contributed by atoms with Gasteiger partial charge in [-0.25, -0.2) is 4.68 Å². The molecule has 1 saturated heterocycles. The average molecular weight is 608 g/mol. The van der Waals surface area contributed by atoms with Gasteiger partial charge in [0, 0.05) is 19.7 Å². The maximum Gasteiger partial charge on any atom is 0.471 e. The number of fused-ring (bicyclic) bond motifs is 1. The van der Waals surface area contributed by atoms with Crippen molar-refractivity contribution in [2.45, 2.75) is 64.5 Å². The molecule has 0 bridgehead atoms. The van der Waals surface area contributed by atoms with Crippen LogP contribution in [0.5, 0.6) is 0 Å². The minimum Gasteiger partial charge on any atom is -0.368 e. The van der Waals surface area contributed by atoms with E-state index < -0.39 is 59.3 Å². The molecule has 16 heteroatoms. The molecule has 5 amide bonds. The zero-order valence-electron chi connectivity index (χ0n) is 21.1. The largest absolute Gasteiger partial charge is 0.471 e. The number of nitrogens with zero attached hydrogens (tertiary/aromatic N) is 4. The van der Waals surface area contributed by atoms with E-state index in [2.05, 4.69) is 26.3 Å². The first kappa shape index (κ1) is 29.4. The second kappa shape index (κ2) is 10.5. The summed E-state index contributed by atoms with van der Waals surface area (Å²) in [7, 11) is 1.23. The second-order valence-corrected chi connectivity index (χ2v) is 10.9. The van der Waals surface area contributed by atoms with E-state index in [9.17, 15) is 37.1 Å². The van der Waals surface area contributed by atoms with Crippen LogP contribution in [-0.2, 0) is 30.5 Å². The van der Waals surface area contributed by atoms with Crippen LogP contribution >= 0.6 is 15.9 Å². The van der Waals surface area contributed by atoms with Crippen LogP contribution in [0.3, 0.4) is 0 Å². The molecule has 1 aromatic rings. The summed E-state index contributed by atoms with van der Waals surface area (Å²) in [6.45, 7) is 4.49. The number of aromatic nitrogens is 2. The Morgan fingerprint density at radius 3 is 2.47 bits per heavy atom. The van der Waals surface area contributed by atoms with Crippen molar-refractivity contribution < 1.29 is 37.1 Å². The molecule has 4 N–H and O–H groups in total. The van der Waals surface area contributed by atoms with Crippen molar-refractivity contribution in [3.63, 3.8) is 0 Å². The van der Waals surface area contributed by atoms with Crippen LogP contribution in [0, 0.1) is 11.3 Å². The van der Waals surface area contributed by atoms with Crippen molar-refractivity contribution in [1.29, 1.82) is 0 Å². The lowest BCUT2D eigenvalue weighted by Crippen LogP contribution is -2.57. The van der Waals surface area contributed by atoms with E-state index in [0.717, 1.165) is 16.7 Å². The number of amides is 5. The summed E-state index contributed by atoms with van der Waals surface area (Å²) in [6, 6.07) is -2.36. The third-order valence-corrected chi connectivity index (χ3v) is 7.13.